The van der Waals surface area contributed by atoms with Crippen LogP contribution in [0.5, 0.6) is 0 Å². The lowest BCUT2D eigenvalue weighted by molar-refractivity contribution is -0.140. The highest BCUT2D eigenvalue weighted by Gasteiger charge is 2.07. The standard InChI is InChI=1S/C13H14Cl2O3/c1-18-13(17)5-3-2-4-9-6-12(15)10(8-16)7-11(9)14/h6-8H,2-5H2,1H3. The second-order valence-electron chi connectivity index (χ2n) is 3.87. The molecule has 0 unspecified atom stereocenters. The van der Waals surface area contributed by atoms with Crippen LogP contribution in [-0.4, -0.2) is 19.4 Å². The maximum Gasteiger partial charge on any atom is 0.305 e. The Kier molecular flexibility index (Phi) is 6.16. The summed E-state index contributed by atoms with van der Waals surface area (Å²) in [6.45, 7) is 0. The fourth-order valence-corrected chi connectivity index (χ4v) is 2.07. The smallest absolute Gasteiger partial charge is 0.305 e. The first-order valence-corrected chi connectivity index (χ1v) is 6.34. The van der Waals surface area contributed by atoms with Crippen molar-refractivity contribution in [3.8, 4) is 0 Å². The molecule has 0 saturated carbocycles. The highest BCUT2D eigenvalue weighted by molar-refractivity contribution is 6.35. The molecule has 0 fully saturated rings. The molecular weight excluding hydrogens is 275 g/mol. The van der Waals surface area contributed by atoms with E-state index in [1.807, 2.05) is 0 Å². The van der Waals surface area contributed by atoms with Gasteiger partial charge < -0.3 is 4.74 Å². The second-order valence-corrected chi connectivity index (χ2v) is 4.68. The predicted octanol–water partition coefficient (Wildman–Crippen LogP) is 3.69. The Labute approximate surface area is 116 Å². The van der Waals surface area contributed by atoms with Gasteiger partial charge in [-0.1, -0.05) is 23.2 Å². The molecule has 18 heavy (non-hydrogen) atoms. The molecule has 0 saturated heterocycles. The molecule has 3 nitrogen and oxygen atoms in total. The van der Waals surface area contributed by atoms with Crippen LogP contribution in [0.1, 0.15) is 35.2 Å². The normalized spacial score (nSPS) is 10.2. The highest BCUT2D eigenvalue weighted by Crippen LogP contribution is 2.25. The molecule has 0 aliphatic carbocycles. The van der Waals surface area contributed by atoms with Gasteiger partial charge in [-0.2, -0.15) is 0 Å². The summed E-state index contributed by atoms with van der Waals surface area (Å²) in [6, 6.07) is 3.26. The van der Waals surface area contributed by atoms with Crippen molar-refractivity contribution in [1.82, 2.24) is 0 Å². The zero-order valence-electron chi connectivity index (χ0n) is 10.0. The molecular formula is C13H14Cl2O3. The number of methoxy groups -OCH3 is 1. The third-order valence-electron chi connectivity index (χ3n) is 2.60. The molecule has 1 rings (SSSR count). The van der Waals surface area contributed by atoms with Crippen LogP contribution in [0.2, 0.25) is 10.0 Å². The number of aryl methyl sites for hydroxylation is 1. The molecule has 1 aromatic carbocycles. The van der Waals surface area contributed by atoms with Crippen LogP contribution in [0.25, 0.3) is 0 Å². The van der Waals surface area contributed by atoms with Crippen molar-refractivity contribution in [1.29, 1.82) is 0 Å². The zero-order chi connectivity index (χ0) is 13.5. The van der Waals surface area contributed by atoms with Crippen LogP contribution in [0.4, 0.5) is 0 Å². The van der Waals surface area contributed by atoms with Crippen molar-refractivity contribution in [3.05, 3.63) is 33.3 Å². The number of rotatable bonds is 6. The number of hydrogen-bond acceptors (Lipinski definition) is 3. The van der Waals surface area contributed by atoms with Gasteiger partial charge in [-0.15, -0.1) is 0 Å². The fourth-order valence-electron chi connectivity index (χ4n) is 1.57. The summed E-state index contributed by atoms with van der Waals surface area (Å²) in [4.78, 5) is 21.6. The fraction of sp³-hybridized carbons (Fsp3) is 0.385. The lowest BCUT2D eigenvalue weighted by Crippen LogP contribution is -2.00. The van der Waals surface area contributed by atoms with Crippen LogP contribution in [-0.2, 0) is 16.0 Å². The molecule has 1 aromatic rings. The SMILES string of the molecule is COC(=O)CCCCc1cc(Cl)c(C=O)cc1Cl. The summed E-state index contributed by atoms with van der Waals surface area (Å²) in [5.74, 6) is -0.213. The van der Waals surface area contributed by atoms with Crippen molar-refractivity contribution >= 4 is 35.5 Å². The van der Waals surface area contributed by atoms with Crippen LogP contribution >= 0.6 is 23.2 Å². The van der Waals surface area contributed by atoms with Crippen molar-refractivity contribution in [2.75, 3.05) is 7.11 Å². The van der Waals surface area contributed by atoms with Crippen LogP contribution in [0, 0.1) is 0 Å². The second kappa shape index (κ2) is 7.39. The highest BCUT2D eigenvalue weighted by atomic mass is 35.5. The van der Waals surface area contributed by atoms with Gasteiger partial charge in [0.25, 0.3) is 0 Å². The van der Waals surface area contributed by atoms with Crippen molar-refractivity contribution in [3.63, 3.8) is 0 Å². The number of halogens is 2. The van der Waals surface area contributed by atoms with Gasteiger partial charge in [0.1, 0.15) is 0 Å². The maximum absolute atomic E-state index is 10.9. The Hall–Kier alpha value is -1.06. The number of ether oxygens (including phenoxy) is 1. The number of carbonyl (C=O) groups is 2. The number of esters is 1. The Balaban J connectivity index is 2.55. The molecule has 0 radical (unpaired) electrons. The van der Waals surface area contributed by atoms with E-state index in [0.29, 0.717) is 34.7 Å². The molecule has 0 aromatic heterocycles. The minimum atomic E-state index is -0.213. The van der Waals surface area contributed by atoms with Crippen LogP contribution in [0.3, 0.4) is 0 Å². The van der Waals surface area contributed by atoms with E-state index in [1.165, 1.54) is 7.11 Å². The predicted molar refractivity (Wildman–Crippen MR) is 71.4 cm³/mol. The topological polar surface area (TPSA) is 43.4 Å². The lowest BCUT2D eigenvalue weighted by Gasteiger charge is -2.06. The van der Waals surface area contributed by atoms with Gasteiger partial charge in [0.05, 0.1) is 12.1 Å². The Morgan fingerprint density at radius 1 is 1.28 bits per heavy atom. The molecule has 0 aliphatic heterocycles. The largest absolute Gasteiger partial charge is 0.469 e. The van der Waals surface area contributed by atoms with Gasteiger partial charge in [-0.3, -0.25) is 9.59 Å². The van der Waals surface area contributed by atoms with E-state index in [2.05, 4.69) is 4.74 Å². The van der Waals surface area contributed by atoms with Crippen molar-refractivity contribution in [2.45, 2.75) is 25.7 Å². The number of unbranched alkanes of at least 4 members (excludes halogenated alkanes) is 1. The monoisotopic (exact) mass is 288 g/mol. The number of hydrogen-bond donors (Lipinski definition) is 0. The Morgan fingerprint density at radius 2 is 2.00 bits per heavy atom. The van der Waals surface area contributed by atoms with Crippen LogP contribution < -0.4 is 0 Å². The first-order chi connectivity index (χ1) is 8.58. The average Bonchev–Trinajstić information content (AvgIpc) is 2.37. The summed E-state index contributed by atoms with van der Waals surface area (Å²) in [6.07, 6.45) is 3.33. The van der Waals surface area contributed by atoms with E-state index in [0.717, 1.165) is 18.4 Å². The number of aldehydes is 1. The number of benzene rings is 1. The summed E-state index contributed by atoms with van der Waals surface area (Å²) in [7, 11) is 1.37. The third-order valence-corrected chi connectivity index (χ3v) is 3.28. The first-order valence-electron chi connectivity index (χ1n) is 5.58. The summed E-state index contributed by atoms with van der Waals surface area (Å²) >= 11 is 12.0. The van der Waals surface area contributed by atoms with Gasteiger partial charge in [-0.25, -0.2) is 0 Å². The molecule has 0 N–H and O–H groups in total. The minimum absolute atomic E-state index is 0.213. The number of carbonyl (C=O) groups excluding carboxylic acids is 2. The van der Waals surface area contributed by atoms with E-state index in [-0.39, 0.29) is 5.97 Å². The van der Waals surface area contributed by atoms with Gasteiger partial charge in [0, 0.05) is 17.0 Å². The molecule has 0 spiro atoms. The molecule has 0 amide bonds. The van der Waals surface area contributed by atoms with Crippen molar-refractivity contribution in [2.24, 2.45) is 0 Å². The first kappa shape index (κ1) is 15.0. The molecule has 0 aliphatic rings. The van der Waals surface area contributed by atoms with E-state index >= 15 is 0 Å². The third kappa shape index (κ3) is 4.31. The summed E-state index contributed by atoms with van der Waals surface area (Å²) in [5.41, 5.74) is 1.28. The minimum Gasteiger partial charge on any atom is -0.469 e. The van der Waals surface area contributed by atoms with Crippen LogP contribution in [0.15, 0.2) is 12.1 Å². The van der Waals surface area contributed by atoms with E-state index in [4.69, 9.17) is 23.2 Å². The molecule has 0 atom stereocenters. The Morgan fingerprint density at radius 3 is 2.61 bits per heavy atom. The van der Waals surface area contributed by atoms with Gasteiger partial charge in [0.15, 0.2) is 6.29 Å². The molecule has 5 heteroatoms. The average molecular weight is 289 g/mol. The maximum atomic E-state index is 10.9. The van der Waals surface area contributed by atoms with Gasteiger partial charge in [0.2, 0.25) is 0 Å². The molecule has 0 bridgehead atoms. The van der Waals surface area contributed by atoms with Crippen molar-refractivity contribution < 1.29 is 14.3 Å². The van der Waals surface area contributed by atoms with E-state index < -0.39 is 0 Å². The molecule has 98 valence electrons. The lowest BCUT2D eigenvalue weighted by atomic mass is 10.1. The zero-order valence-corrected chi connectivity index (χ0v) is 11.6. The van der Waals surface area contributed by atoms with Gasteiger partial charge in [-0.05, 0) is 37.0 Å². The Bertz CT molecular complexity index is 444. The summed E-state index contributed by atoms with van der Waals surface area (Å²) in [5, 5.41) is 0.928. The quantitative estimate of drug-likeness (QED) is 0.455. The summed E-state index contributed by atoms with van der Waals surface area (Å²) < 4.78 is 4.55. The van der Waals surface area contributed by atoms with Gasteiger partial charge >= 0.3 is 5.97 Å². The molecule has 0 heterocycles. The van der Waals surface area contributed by atoms with E-state index in [9.17, 15) is 9.59 Å². The van der Waals surface area contributed by atoms with E-state index in [1.54, 1.807) is 12.1 Å².